The van der Waals surface area contributed by atoms with E-state index < -0.39 is 0 Å². The van der Waals surface area contributed by atoms with Gasteiger partial charge in [0, 0.05) is 53.5 Å². The molecule has 8 aromatic carbocycles. The Balaban J connectivity index is 1.05. The lowest BCUT2D eigenvalue weighted by atomic mass is 10.0. The molecule has 4 aromatic heterocycles. The van der Waals surface area contributed by atoms with Crippen LogP contribution in [0.5, 0.6) is 0 Å². The van der Waals surface area contributed by atoms with Crippen LogP contribution in [0.1, 0.15) is 0 Å². The number of hydrogen-bond donors (Lipinski definition) is 0. The second-order valence-corrected chi connectivity index (χ2v) is 14.8. The molecule has 52 heavy (non-hydrogen) atoms. The molecule has 0 atom stereocenters. The lowest BCUT2D eigenvalue weighted by Gasteiger charge is -2.10. The molecule has 242 valence electrons. The van der Waals surface area contributed by atoms with Crippen molar-refractivity contribution in [3.8, 4) is 22.5 Å². The number of benzene rings is 8. The minimum absolute atomic E-state index is 0.908. The Morgan fingerprint density at radius 2 is 0.942 bits per heavy atom. The molecule has 12 aromatic rings. The summed E-state index contributed by atoms with van der Waals surface area (Å²) < 4.78 is 13.7. The SMILES string of the molecule is c1ccc2c(c1)oc1ccc(-n3c4ccccc4c4cc(-c5ccc6c(c5)c5ccccc5n6-c5cccc6c5sc5ccccc56)ccc43)cc12. The molecule has 3 nitrogen and oxygen atoms in total. The first-order valence-corrected chi connectivity index (χ1v) is 18.5. The molecular weight excluding hydrogens is 653 g/mol. The third kappa shape index (κ3) is 3.84. The van der Waals surface area contributed by atoms with Gasteiger partial charge in [0.05, 0.1) is 32.5 Å². The van der Waals surface area contributed by atoms with Crippen LogP contribution in [0.15, 0.2) is 174 Å². The highest BCUT2D eigenvalue weighted by Crippen LogP contribution is 2.42. The van der Waals surface area contributed by atoms with E-state index in [1.165, 1.54) is 80.6 Å². The predicted octanol–water partition coefficient (Wildman–Crippen LogP) is 13.8. The van der Waals surface area contributed by atoms with Crippen LogP contribution >= 0.6 is 11.3 Å². The van der Waals surface area contributed by atoms with Crippen molar-refractivity contribution in [1.82, 2.24) is 9.13 Å². The normalized spacial score (nSPS) is 12.2. The van der Waals surface area contributed by atoms with Crippen LogP contribution in [0.25, 0.3) is 108 Å². The Bertz CT molecular complexity index is 3430. The summed E-state index contributed by atoms with van der Waals surface area (Å²) >= 11 is 1.88. The van der Waals surface area contributed by atoms with Crippen molar-refractivity contribution in [1.29, 1.82) is 0 Å². The molecule has 0 unspecified atom stereocenters. The number of para-hydroxylation sites is 3. The molecule has 0 aliphatic carbocycles. The van der Waals surface area contributed by atoms with Crippen molar-refractivity contribution in [2.75, 3.05) is 0 Å². The summed E-state index contributed by atoms with van der Waals surface area (Å²) in [6.45, 7) is 0. The summed E-state index contributed by atoms with van der Waals surface area (Å²) in [5, 5.41) is 9.90. The van der Waals surface area contributed by atoms with Crippen LogP contribution in [0.2, 0.25) is 0 Å². The third-order valence-corrected chi connectivity index (χ3v) is 12.1. The summed E-state index contributed by atoms with van der Waals surface area (Å²) in [7, 11) is 0. The Morgan fingerprint density at radius 3 is 1.71 bits per heavy atom. The molecule has 0 radical (unpaired) electrons. The number of rotatable bonds is 3. The van der Waals surface area contributed by atoms with Crippen LogP contribution in [0, 0.1) is 0 Å². The molecule has 0 fully saturated rings. The van der Waals surface area contributed by atoms with Crippen LogP contribution in [0.4, 0.5) is 0 Å². The molecule has 0 saturated carbocycles. The van der Waals surface area contributed by atoms with Gasteiger partial charge in [-0.1, -0.05) is 97.1 Å². The average Bonchev–Trinajstić information content (AvgIpc) is 3.95. The van der Waals surface area contributed by atoms with Gasteiger partial charge in [-0.15, -0.1) is 11.3 Å². The van der Waals surface area contributed by atoms with Crippen molar-refractivity contribution in [2.45, 2.75) is 0 Å². The van der Waals surface area contributed by atoms with Gasteiger partial charge in [0.1, 0.15) is 11.2 Å². The Hall–Kier alpha value is -6.62. The lowest BCUT2D eigenvalue weighted by molar-refractivity contribution is 0.669. The Labute approximate surface area is 301 Å². The highest BCUT2D eigenvalue weighted by molar-refractivity contribution is 7.26. The van der Waals surface area contributed by atoms with Crippen LogP contribution in [-0.2, 0) is 0 Å². The monoisotopic (exact) mass is 680 g/mol. The molecule has 0 N–H and O–H groups in total. The standard InChI is InChI=1S/C48H28N2OS/c1-5-15-40-32(10-1)37-26-29(20-23-42(37)49(40)31-22-25-46-39(28-31)34-12-3-7-18-45(34)51-46)30-21-24-43-38(27-30)33-11-2-6-16-41(33)50(43)44-17-9-14-36-35-13-4-8-19-47(35)52-48(36)44/h1-28H. The highest BCUT2D eigenvalue weighted by atomic mass is 32.1. The van der Waals surface area contributed by atoms with Gasteiger partial charge in [-0.25, -0.2) is 0 Å². The molecule has 0 amide bonds. The van der Waals surface area contributed by atoms with Gasteiger partial charge in [-0.3, -0.25) is 0 Å². The van der Waals surface area contributed by atoms with E-state index in [0.717, 1.165) is 27.6 Å². The van der Waals surface area contributed by atoms with Gasteiger partial charge in [0.15, 0.2) is 0 Å². The van der Waals surface area contributed by atoms with E-state index in [1.54, 1.807) is 0 Å². The summed E-state index contributed by atoms with van der Waals surface area (Å²) in [6, 6.07) is 61.8. The van der Waals surface area contributed by atoms with E-state index in [2.05, 4.69) is 167 Å². The van der Waals surface area contributed by atoms with E-state index >= 15 is 0 Å². The first-order chi connectivity index (χ1) is 25.8. The minimum Gasteiger partial charge on any atom is -0.456 e. The van der Waals surface area contributed by atoms with E-state index in [-0.39, 0.29) is 0 Å². The topological polar surface area (TPSA) is 23.0 Å². The van der Waals surface area contributed by atoms with E-state index in [1.807, 2.05) is 23.5 Å². The molecule has 0 aliphatic rings. The maximum atomic E-state index is 6.17. The summed E-state index contributed by atoms with van der Waals surface area (Å²) in [5.41, 5.74) is 11.4. The highest BCUT2D eigenvalue weighted by Gasteiger charge is 2.19. The van der Waals surface area contributed by atoms with Crippen molar-refractivity contribution < 1.29 is 4.42 Å². The molecular formula is C48H28N2OS. The number of thiophene rings is 1. The average molecular weight is 681 g/mol. The fraction of sp³-hybridized carbons (Fsp3) is 0. The number of hydrogen-bond acceptors (Lipinski definition) is 2. The summed E-state index contributed by atoms with van der Waals surface area (Å²) in [5.74, 6) is 0. The van der Waals surface area contributed by atoms with Crippen LogP contribution in [0.3, 0.4) is 0 Å². The summed E-state index contributed by atoms with van der Waals surface area (Å²) in [6.07, 6.45) is 0. The van der Waals surface area contributed by atoms with Gasteiger partial charge in [-0.05, 0) is 83.9 Å². The molecule has 12 rings (SSSR count). The quantitative estimate of drug-likeness (QED) is 0.182. The Kier molecular flexibility index (Phi) is 5.65. The smallest absolute Gasteiger partial charge is 0.135 e. The molecule has 0 aliphatic heterocycles. The molecule has 0 spiro atoms. The largest absolute Gasteiger partial charge is 0.456 e. The number of fused-ring (bicyclic) bond motifs is 12. The van der Waals surface area contributed by atoms with E-state index in [9.17, 15) is 0 Å². The Morgan fingerprint density at radius 1 is 0.365 bits per heavy atom. The first kappa shape index (κ1) is 28.1. The third-order valence-electron chi connectivity index (χ3n) is 10.9. The van der Waals surface area contributed by atoms with E-state index in [0.29, 0.717) is 0 Å². The van der Waals surface area contributed by atoms with Gasteiger partial charge in [-0.2, -0.15) is 0 Å². The van der Waals surface area contributed by atoms with Gasteiger partial charge in [0.25, 0.3) is 0 Å². The zero-order chi connectivity index (χ0) is 33.9. The number of aromatic nitrogens is 2. The maximum absolute atomic E-state index is 6.17. The fourth-order valence-corrected chi connectivity index (χ4v) is 9.81. The van der Waals surface area contributed by atoms with Gasteiger partial charge >= 0.3 is 0 Å². The minimum atomic E-state index is 0.908. The zero-order valence-electron chi connectivity index (χ0n) is 27.9. The fourth-order valence-electron chi connectivity index (χ4n) is 8.60. The lowest BCUT2D eigenvalue weighted by Crippen LogP contribution is -1.94. The van der Waals surface area contributed by atoms with E-state index in [4.69, 9.17) is 4.42 Å². The molecule has 4 heteroatoms. The van der Waals surface area contributed by atoms with Crippen molar-refractivity contribution in [2.24, 2.45) is 0 Å². The number of furan rings is 1. The van der Waals surface area contributed by atoms with Gasteiger partial charge in [0.2, 0.25) is 0 Å². The second kappa shape index (κ2) is 10.5. The van der Waals surface area contributed by atoms with Crippen molar-refractivity contribution in [3.63, 3.8) is 0 Å². The molecule has 4 heterocycles. The van der Waals surface area contributed by atoms with Gasteiger partial charge < -0.3 is 13.6 Å². The second-order valence-electron chi connectivity index (χ2n) is 13.7. The molecule has 0 saturated heterocycles. The maximum Gasteiger partial charge on any atom is 0.135 e. The predicted molar refractivity (Wildman–Crippen MR) is 221 cm³/mol. The zero-order valence-corrected chi connectivity index (χ0v) is 28.7. The molecule has 0 bridgehead atoms. The van der Waals surface area contributed by atoms with Crippen molar-refractivity contribution in [3.05, 3.63) is 170 Å². The number of nitrogens with zero attached hydrogens (tertiary/aromatic N) is 2. The first-order valence-electron chi connectivity index (χ1n) is 17.7. The van der Waals surface area contributed by atoms with Crippen LogP contribution < -0.4 is 0 Å². The van der Waals surface area contributed by atoms with Crippen molar-refractivity contribution >= 4 is 97.1 Å². The summed E-state index contributed by atoms with van der Waals surface area (Å²) in [4.78, 5) is 0. The van der Waals surface area contributed by atoms with Crippen LogP contribution in [-0.4, -0.2) is 9.13 Å².